The maximum Gasteiger partial charge on any atom is 0.231 e. The second kappa shape index (κ2) is 14.3. The summed E-state index contributed by atoms with van der Waals surface area (Å²) >= 11 is 0. The van der Waals surface area contributed by atoms with Crippen LogP contribution in [0.15, 0.2) is 103 Å². The highest BCUT2D eigenvalue weighted by Crippen LogP contribution is 2.41. The van der Waals surface area contributed by atoms with Crippen molar-refractivity contribution in [3.63, 3.8) is 0 Å². The standard InChI is InChI=1S/C38H44N2O4/c1-2-3-24-42-34-17-15-33(16-18-34)38(41,26-30-10-6-4-7-11-30)35(32-12-8-5-9-13-32)28-40-22-20-39(21-23-40)27-31-14-19-36-37(25-31)44-29-43-36/h4-19,25,35,41H,2-3,20-24,26-29H2,1H3/t35-,38+/m0/s1. The van der Waals surface area contributed by atoms with E-state index in [2.05, 4.69) is 89.5 Å². The van der Waals surface area contributed by atoms with Gasteiger partial charge in [-0.2, -0.15) is 0 Å². The molecule has 0 bridgehead atoms. The van der Waals surface area contributed by atoms with Crippen LogP contribution >= 0.6 is 0 Å². The van der Waals surface area contributed by atoms with Gasteiger partial charge >= 0.3 is 0 Å². The lowest BCUT2D eigenvalue weighted by molar-refractivity contribution is -0.0104. The van der Waals surface area contributed by atoms with Gasteiger partial charge in [0.1, 0.15) is 11.4 Å². The second-order valence-corrected chi connectivity index (χ2v) is 12.0. The molecule has 44 heavy (non-hydrogen) atoms. The highest BCUT2D eigenvalue weighted by atomic mass is 16.7. The highest BCUT2D eigenvalue weighted by Gasteiger charge is 2.41. The van der Waals surface area contributed by atoms with Gasteiger partial charge in [0.15, 0.2) is 11.5 Å². The van der Waals surface area contributed by atoms with Crippen LogP contribution in [0.2, 0.25) is 0 Å². The smallest absolute Gasteiger partial charge is 0.231 e. The maximum absolute atomic E-state index is 12.9. The molecule has 0 unspecified atom stereocenters. The summed E-state index contributed by atoms with van der Waals surface area (Å²) in [6.45, 7) is 8.65. The van der Waals surface area contributed by atoms with Crippen LogP contribution in [0.5, 0.6) is 17.2 Å². The van der Waals surface area contributed by atoms with Gasteiger partial charge in [-0.25, -0.2) is 0 Å². The van der Waals surface area contributed by atoms with Crippen LogP contribution in [-0.4, -0.2) is 61.0 Å². The van der Waals surface area contributed by atoms with E-state index in [1.165, 1.54) is 5.56 Å². The number of hydrogen-bond donors (Lipinski definition) is 1. The summed E-state index contributed by atoms with van der Waals surface area (Å²) in [7, 11) is 0. The topological polar surface area (TPSA) is 54.4 Å². The lowest BCUT2D eigenvalue weighted by atomic mass is 9.73. The van der Waals surface area contributed by atoms with Gasteiger partial charge in [-0.3, -0.25) is 4.90 Å². The van der Waals surface area contributed by atoms with Crippen molar-refractivity contribution >= 4 is 0 Å². The van der Waals surface area contributed by atoms with Gasteiger partial charge < -0.3 is 24.2 Å². The third-order valence-corrected chi connectivity index (χ3v) is 8.96. The van der Waals surface area contributed by atoms with E-state index in [0.717, 1.165) is 86.0 Å². The first kappa shape index (κ1) is 30.2. The van der Waals surface area contributed by atoms with E-state index < -0.39 is 5.60 Å². The van der Waals surface area contributed by atoms with Crippen LogP contribution in [0.3, 0.4) is 0 Å². The van der Waals surface area contributed by atoms with Crippen molar-refractivity contribution < 1.29 is 19.3 Å². The fraction of sp³-hybridized carbons (Fsp3) is 0.368. The number of benzene rings is 4. The number of fused-ring (bicyclic) bond motifs is 1. The summed E-state index contributed by atoms with van der Waals surface area (Å²) in [6, 6.07) is 35.3. The number of ether oxygens (including phenoxy) is 3. The molecule has 0 aromatic heterocycles. The Morgan fingerprint density at radius 1 is 0.773 bits per heavy atom. The number of nitrogens with zero attached hydrogens (tertiary/aromatic N) is 2. The van der Waals surface area contributed by atoms with Crippen LogP contribution in [-0.2, 0) is 18.6 Å². The molecule has 230 valence electrons. The SMILES string of the molecule is CCCCOc1ccc([C@](O)(Cc2ccccc2)[C@@H](CN2CCN(Cc3ccc4c(c3)OCO4)CC2)c2ccccc2)cc1. The fourth-order valence-electron chi connectivity index (χ4n) is 6.41. The summed E-state index contributed by atoms with van der Waals surface area (Å²) in [5, 5.41) is 12.9. The Hall–Kier alpha value is -3.84. The summed E-state index contributed by atoms with van der Waals surface area (Å²) in [6.07, 6.45) is 2.65. The Morgan fingerprint density at radius 2 is 1.45 bits per heavy atom. The summed E-state index contributed by atoms with van der Waals surface area (Å²) in [5.74, 6) is 2.38. The molecular weight excluding hydrogens is 548 g/mol. The Bertz CT molecular complexity index is 1460. The van der Waals surface area contributed by atoms with E-state index >= 15 is 0 Å². The first-order valence-electron chi connectivity index (χ1n) is 16.0. The highest BCUT2D eigenvalue weighted by molar-refractivity contribution is 5.44. The minimum absolute atomic E-state index is 0.129. The number of piperazine rings is 1. The van der Waals surface area contributed by atoms with Crippen LogP contribution in [0.1, 0.15) is 47.9 Å². The molecule has 2 aliphatic heterocycles. The van der Waals surface area contributed by atoms with Crippen molar-refractivity contribution in [2.45, 2.75) is 44.2 Å². The van der Waals surface area contributed by atoms with Crippen LogP contribution < -0.4 is 14.2 Å². The molecule has 4 aromatic rings. The van der Waals surface area contributed by atoms with Gasteiger partial charge in [0.05, 0.1) is 6.61 Å². The molecule has 0 aliphatic carbocycles. The van der Waals surface area contributed by atoms with Crippen molar-refractivity contribution in [3.8, 4) is 17.2 Å². The van der Waals surface area contributed by atoms with E-state index in [-0.39, 0.29) is 5.92 Å². The third kappa shape index (κ3) is 7.27. The molecule has 2 atom stereocenters. The van der Waals surface area contributed by atoms with E-state index in [1.807, 2.05) is 30.3 Å². The van der Waals surface area contributed by atoms with Gasteiger partial charge in [-0.1, -0.05) is 92.2 Å². The Labute approximate surface area is 261 Å². The minimum Gasteiger partial charge on any atom is -0.494 e. The van der Waals surface area contributed by atoms with Crippen molar-refractivity contribution in [2.75, 3.05) is 46.1 Å². The number of aliphatic hydroxyl groups is 1. The lowest BCUT2D eigenvalue weighted by Crippen LogP contribution is -2.50. The number of rotatable bonds is 13. The molecule has 6 nitrogen and oxygen atoms in total. The zero-order chi connectivity index (χ0) is 30.2. The van der Waals surface area contributed by atoms with Crippen LogP contribution in [0, 0.1) is 0 Å². The molecule has 6 heteroatoms. The van der Waals surface area contributed by atoms with Gasteiger partial charge in [0.25, 0.3) is 0 Å². The Kier molecular flexibility index (Phi) is 9.81. The van der Waals surface area contributed by atoms with Crippen LogP contribution in [0.25, 0.3) is 0 Å². The molecule has 6 rings (SSSR count). The zero-order valence-corrected chi connectivity index (χ0v) is 25.7. The predicted molar refractivity (Wildman–Crippen MR) is 174 cm³/mol. The largest absolute Gasteiger partial charge is 0.494 e. The molecule has 2 heterocycles. The predicted octanol–water partition coefficient (Wildman–Crippen LogP) is 6.63. The third-order valence-electron chi connectivity index (χ3n) is 8.96. The molecule has 0 radical (unpaired) electrons. The average molecular weight is 593 g/mol. The average Bonchev–Trinajstić information content (AvgIpc) is 3.54. The van der Waals surface area contributed by atoms with E-state index in [1.54, 1.807) is 0 Å². The summed E-state index contributed by atoms with van der Waals surface area (Å²) < 4.78 is 17.0. The molecule has 4 aromatic carbocycles. The van der Waals surface area contributed by atoms with Crippen molar-refractivity contribution in [1.82, 2.24) is 9.80 Å². The normalized spacial score (nSPS) is 17.2. The fourth-order valence-corrected chi connectivity index (χ4v) is 6.41. The molecule has 1 fully saturated rings. The van der Waals surface area contributed by atoms with Gasteiger partial charge in [-0.15, -0.1) is 0 Å². The Morgan fingerprint density at radius 3 is 2.18 bits per heavy atom. The second-order valence-electron chi connectivity index (χ2n) is 12.0. The molecular formula is C38H44N2O4. The lowest BCUT2D eigenvalue weighted by Gasteiger charge is -2.42. The van der Waals surface area contributed by atoms with Gasteiger partial charge in [-0.05, 0) is 52.9 Å². The molecule has 0 saturated carbocycles. The molecule has 1 saturated heterocycles. The van der Waals surface area contributed by atoms with Crippen molar-refractivity contribution in [1.29, 1.82) is 0 Å². The first-order valence-corrected chi connectivity index (χ1v) is 16.0. The van der Waals surface area contributed by atoms with E-state index in [9.17, 15) is 5.11 Å². The van der Waals surface area contributed by atoms with Crippen molar-refractivity contribution in [2.24, 2.45) is 0 Å². The quantitative estimate of drug-likeness (QED) is 0.176. The monoisotopic (exact) mass is 592 g/mol. The van der Waals surface area contributed by atoms with Crippen LogP contribution in [0.4, 0.5) is 0 Å². The maximum atomic E-state index is 12.9. The molecule has 0 amide bonds. The number of unbranched alkanes of at least 4 members (excludes halogenated alkanes) is 1. The van der Waals surface area contributed by atoms with Gasteiger partial charge in [0, 0.05) is 51.6 Å². The zero-order valence-electron chi connectivity index (χ0n) is 25.7. The Balaban J connectivity index is 1.22. The summed E-state index contributed by atoms with van der Waals surface area (Å²) in [4.78, 5) is 5.02. The van der Waals surface area contributed by atoms with Crippen molar-refractivity contribution in [3.05, 3.63) is 125 Å². The summed E-state index contributed by atoms with van der Waals surface area (Å²) in [5.41, 5.74) is 3.31. The molecule has 0 spiro atoms. The van der Waals surface area contributed by atoms with Gasteiger partial charge in [0.2, 0.25) is 6.79 Å². The molecule has 1 N–H and O–H groups in total. The van der Waals surface area contributed by atoms with E-state index in [0.29, 0.717) is 19.8 Å². The minimum atomic E-state index is -1.12. The number of hydrogen-bond acceptors (Lipinski definition) is 6. The molecule has 2 aliphatic rings. The first-order chi connectivity index (χ1) is 21.6. The van der Waals surface area contributed by atoms with E-state index in [4.69, 9.17) is 14.2 Å².